The summed E-state index contributed by atoms with van der Waals surface area (Å²) in [4.78, 5) is 31.0. The number of hydrogen-bond acceptors (Lipinski definition) is 8. The lowest BCUT2D eigenvalue weighted by Crippen LogP contribution is -2.21. The number of carboxylic acid groups (broad SMARTS) is 1. The van der Waals surface area contributed by atoms with E-state index >= 15 is 0 Å². The van der Waals surface area contributed by atoms with E-state index in [0.29, 0.717) is 5.13 Å². The largest absolute Gasteiger partial charge is 0.490 e. The average molecular weight is 589 g/mol. The van der Waals surface area contributed by atoms with Crippen molar-refractivity contribution in [2.24, 2.45) is 0 Å². The zero-order valence-corrected chi connectivity index (χ0v) is 23.4. The van der Waals surface area contributed by atoms with Gasteiger partial charge in [-0.25, -0.2) is 24.2 Å². The molecule has 14 heteroatoms. The minimum atomic E-state index is -5.08. The highest BCUT2D eigenvalue weighted by Crippen LogP contribution is 2.48. The van der Waals surface area contributed by atoms with E-state index in [0.717, 1.165) is 57.6 Å². The van der Waals surface area contributed by atoms with Gasteiger partial charge in [-0.2, -0.15) is 18.3 Å². The average Bonchev–Trinajstić information content (AvgIpc) is 3.51. The number of ether oxygens (including phenoxy) is 1. The molecule has 1 aliphatic rings. The van der Waals surface area contributed by atoms with Crippen LogP contribution in [0.5, 0.6) is 0 Å². The minimum Gasteiger partial charge on any atom is -0.475 e. The van der Waals surface area contributed by atoms with Gasteiger partial charge in [0.05, 0.1) is 34.8 Å². The van der Waals surface area contributed by atoms with Crippen LogP contribution in [0.25, 0.3) is 27.5 Å². The summed E-state index contributed by atoms with van der Waals surface area (Å²) >= 11 is 1.45. The molecule has 3 aromatic heterocycles. The number of pyridine rings is 1. The van der Waals surface area contributed by atoms with Gasteiger partial charge in [0.1, 0.15) is 5.82 Å². The fraction of sp³-hybridized carbons (Fsp3) is 0.296. The van der Waals surface area contributed by atoms with E-state index in [4.69, 9.17) is 24.7 Å². The van der Waals surface area contributed by atoms with Crippen LogP contribution in [0, 0.1) is 6.92 Å². The summed E-state index contributed by atoms with van der Waals surface area (Å²) in [5.74, 6) is -1.72. The van der Waals surface area contributed by atoms with Crippen molar-refractivity contribution in [3.63, 3.8) is 0 Å². The third-order valence-electron chi connectivity index (χ3n) is 6.20. The van der Waals surface area contributed by atoms with Gasteiger partial charge in [0.25, 0.3) is 0 Å². The number of methoxy groups -OCH3 is 1. The van der Waals surface area contributed by atoms with Crippen LogP contribution >= 0.6 is 11.3 Å². The van der Waals surface area contributed by atoms with Gasteiger partial charge in [-0.15, -0.1) is 0 Å². The van der Waals surface area contributed by atoms with E-state index in [1.807, 2.05) is 36.0 Å². The number of carbonyl (C=O) groups is 2. The van der Waals surface area contributed by atoms with Gasteiger partial charge in [0.2, 0.25) is 0 Å². The van der Waals surface area contributed by atoms with Crippen molar-refractivity contribution in [2.75, 3.05) is 24.3 Å². The fourth-order valence-corrected chi connectivity index (χ4v) is 5.41. The van der Waals surface area contributed by atoms with Crippen LogP contribution in [0.2, 0.25) is 0 Å². The van der Waals surface area contributed by atoms with Crippen LogP contribution in [0.1, 0.15) is 36.6 Å². The molecule has 3 N–H and O–H groups in total. The Bertz CT molecular complexity index is 1570. The highest BCUT2D eigenvalue weighted by Gasteiger charge is 2.38. The van der Waals surface area contributed by atoms with Crippen LogP contribution in [0.4, 0.5) is 28.9 Å². The summed E-state index contributed by atoms with van der Waals surface area (Å²) in [6, 6.07) is 12.3. The summed E-state index contributed by atoms with van der Waals surface area (Å²) in [5.41, 5.74) is 7.17. The lowest BCUT2D eigenvalue weighted by Gasteiger charge is -2.20. The normalized spacial score (nSPS) is 13.8. The number of nitrogens with zero attached hydrogens (tertiary/aromatic N) is 4. The van der Waals surface area contributed by atoms with Crippen LogP contribution in [-0.4, -0.2) is 56.7 Å². The molecule has 1 unspecified atom stereocenters. The number of benzene rings is 1. The van der Waals surface area contributed by atoms with Gasteiger partial charge >= 0.3 is 18.2 Å². The molecule has 0 aliphatic heterocycles. The van der Waals surface area contributed by atoms with Crippen molar-refractivity contribution >= 4 is 34.3 Å². The van der Waals surface area contributed by atoms with Crippen molar-refractivity contribution < 1.29 is 32.6 Å². The summed E-state index contributed by atoms with van der Waals surface area (Å²) in [6.45, 7) is 7.15. The smallest absolute Gasteiger partial charge is 0.475 e. The van der Waals surface area contributed by atoms with Crippen molar-refractivity contribution in [3.05, 3.63) is 59.4 Å². The number of nitrogens with one attached hydrogen (secondary N) is 2. The van der Waals surface area contributed by atoms with Gasteiger partial charge in [-0.3, -0.25) is 5.32 Å². The zero-order chi connectivity index (χ0) is 29.9. The number of anilines is 2. The van der Waals surface area contributed by atoms with Crippen molar-refractivity contribution in [1.29, 1.82) is 0 Å². The van der Waals surface area contributed by atoms with Gasteiger partial charge in [-0.1, -0.05) is 36.5 Å². The molecule has 0 saturated carbocycles. The number of aryl methyl sites for hydroxylation is 1. The molecule has 1 atom stereocenters. The molecule has 10 nitrogen and oxygen atoms in total. The third kappa shape index (κ3) is 6.32. The second kappa shape index (κ2) is 12.0. The van der Waals surface area contributed by atoms with Gasteiger partial charge in [0, 0.05) is 23.9 Å². The fourth-order valence-electron chi connectivity index (χ4n) is 4.38. The van der Waals surface area contributed by atoms with Gasteiger partial charge in [-0.05, 0) is 49.9 Å². The quantitative estimate of drug-likeness (QED) is 0.249. The summed E-state index contributed by atoms with van der Waals surface area (Å²) in [5, 5.41) is 18.7. The zero-order valence-electron chi connectivity index (χ0n) is 22.5. The lowest BCUT2D eigenvalue weighted by molar-refractivity contribution is -0.192. The molecule has 1 amide bonds. The Morgan fingerprint density at radius 1 is 1.22 bits per heavy atom. The van der Waals surface area contributed by atoms with Crippen molar-refractivity contribution in [2.45, 2.75) is 39.3 Å². The van der Waals surface area contributed by atoms with Crippen molar-refractivity contribution in [3.8, 4) is 27.5 Å². The molecular weight excluding hydrogens is 561 g/mol. The van der Waals surface area contributed by atoms with Gasteiger partial charge < -0.3 is 15.2 Å². The number of aromatic nitrogens is 4. The number of alkyl halides is 3. The molecule has 1 aromatic carbocycles. The second-order valence-corrected chi connectivity index (χ2v) is 10.1. The standard InChI is InChI=1S/C25H26N6O2S.C2HF3O2/c1-5-26-19-11-10-16(13-27-19)21-20-15(3)12-17-23(34-24(28-17)29-25(32)33-4)22(20)31(30-21)18-9-7-6-8-14(18)2;3-2(4,5)1(6)7/h6-11,13,15H,5,12H2,1-4H3,(H,26,27)(H,28,29,32);(H,6,7). The van der Waals surface area contributed by atoms with Gasteiger partial charge in [0.15, 0.2) is 5.13 Å². The Labute approximate surface area is 237 Å². The number of carboxylic acids is 1. The maximum Gasteiger partial charge on any atom is 0.490 e. The first-order valence-corrected chi connectivity index (χ1v) is 13.3. The molecule has 1 aliphatic carbocycles. The van der Waals surface area contributed by atoms with E-state index in [1.54, 1.807) is 0 Å². The maximum atomic E-state index is 11.8. The lowest BCUT2D eigenvalue weighted by atomic mass is 9.86. The highest BCUT2D eigenvalue weighted by molar-refractivity contribution is 7.19. The summed E-state index contributed by atoms with van der Waals surface area (Å²) < 4.78 is 38.5. The molecule has 4 aromatic rings. The first-order valence-electron chi connectivity index (χ1n) is 12.5. The number of thiazole rings is 1. The van der Waals surface area contributed by atoms with Crippen LogP contribution < -0.4 is 10.6 Å². The summed E-state index contributed by atoms with van der Waals surface area (Å²) in [7, 11) is 1.35. The third-order valence-corrected chi connectivity index (χ3v) is 7.22. The molecule has 0 radical (unpaired) electrons. The van der Waals surface area contributed by atoms with E-state index in [9.17, 15) is 18.0 Å². The Morgan fingerprint density at radius 2 is 1.93 bits per heavy atom. The van der Waals surface area contributed by atoms with E-state index < -0.39 is 18.2 Å². The SMILES string of the molecule is CCNc1ccc(-c2nn(-c3ccccc3C)c3c2C(C)Cc2nc(NC(=O)OC)sc2-3)cn1.O=C(O)C(F)(F)F. The molecular formula is C27H27F3N6O4S. The Morgan fingerprint density at radius 3 is 2.51 bits per heavy atom. The first kappa shape index (κ1) is 29.5. The number of fused-ring (bicyclic) bond motifs is 3. The van der Waals surface area contributed by atoms with Crippen LogP contribution in [0.3, 0.4) is 0 Å². The number of rotatable bonds is 5. The van der Waals surface area contributed by atoms with E-state index in [-0.39, 0.29) is 5.92 Å². The Balaban J connectivity index is 0.000000493. The van der Waals surface area contributed by atoms with E-state index in [1.165, 1.54) is 24.0 Å². The predicted molar refractivity (Wildman–Crippen MR) is 149 cm³/mol. The summed E-state index contributed by atoms with van der Waals surface area (Å²) in [6.07, 6.45) is -2.97. The Hall–Kier alpha value is -4.46. The van der Waals surface area contributed by atoms with E-state index in [2.05, 4.69) is 47.7 Å². The Kier molecular flexibility index (Phi) is 8.61. The molecule has 0 saturated heterocycles. The molecule has 3 heterocycles. The maximum absolute atomic E-state index is 11.8. The highest BCUT2D eigenvalue weighted by atomic mass is 32.1. The molecule has 0 bridgehead atoms. The minimum absolute atomic E-state index is 0.191. The number of aliphatic carboxylic acids is 1. The molecule has 216 valence electrons. The number of carbonyl (C=O) groups excluding carboxylic acids is 1. The topological polar surface area (TPSA) is 131 Å². The number of para-hydroxylation sites is 1. The van der Waals surface area contributed by atoms with Crippen LogP contribution in [0.15, 0.2) is 42.6 Å². The molecule has 0 spiro atoms. The van der Waals surface area contributed by atoms with Crippen molar-refractivity contribution in [1.82, 2.24) is 19.7 Å². The van der Waals surface area contributed by atoms with Crippen LogP contribution in [-0.2, 0) is 16.0 Å². The molecule has 41 heavy (non-hydrogen) atoms. The number of halogens is 3. The number of amides is 1. The second-order valence-electron chi connectivity index (χ2n) is 9.09. The molecule has 0 fully saturated rings. The predicted octanol–water partition coefficient (Wildman–Crippen LogP) is 6.27. The number of hydrogen-bond donors (Lipinski definition) is 3. The monoisotopic (exact) mass is 588 g/mol. The first-order chi connectivity index (χ1) is 19.4. The molecule has 5 rings (SSSR count).